The third-order valence-electron chi connectivity index (χ3n) is 2.45. The Balaban J connectivity index is 2.89. The number of hydrogen-bond acceptors (Lipinski definition) is 4. The van der Waals surface area contributed by atoms with E-state index in [1.807, 2.05) is 0 Å². The molecule has 1 aromatic carbocycles. The predicted molar refractivity (Wildman–Crippen MR) is 61.8 cm³/mol. The second-order valence-electron chi connectivity index (χ2n) is 3.46. The van der Waals surface area contributed by atoms with Gasteiger partial charge >= 0.3 is 5.97 Å². The normalized spacial score (nSPS) is 10.1. The third-order valence-corrected chi connectivity index (χ3v) is 2.45. The Kier molecular flexibility index (Phi) is 3.26. The number of fused-ring (bicyclic) bond motifs is 1. The smallest absolute Gasteiger partial charge is 0.339 e. The van der Waals surface area contributed by atoms with Crippen LogP contribution in [0.1, 0.15) is 10.4 Å². The number of carbonyl (C=O) groups excluding carboxylic acids is 1. The van der Waals surface area contributed by atoms with Crippen molar-refractivity contribution in [3.05, 3.63) is 46.0 Å². The average molecular weight is 264 g/mol. The SMILES string of the molecule is COC(=O)c1cnc2c(F)c(F)ccc2c1N=[N+]=[N-]. The molecule has 0 spiro atoms. The van der Waals surface area contributed by atoms with Gasteiger partial charge in [0.05, 0.1) is 18.4 Å². The number of azide groups is 1. The van der Waals surface area contributed by atoms with Crippen molar-refractivity contribution in [2.24, 2.45) is 5.11 Å². The fraction of sp³-hybridized carbons (Fsp3) is 0.0909. The van der Waals surface area contributed by atoms with E-state index in [9.17, 15) is 13.6 Å². The Morgan fingerprint density at radius 1 is 1.47 bits per heavy atom. The standard InChI is InChI=1S/C11H6F2N4O2/c1-19-11(18)6-4-15-10-5(9(6)16-17-14)2-3-7(12)8(10)13/h2-4H,1H3. The molecule has 0 aliphatic rings. The van der Waals surface area contributed by atoms with Gasteiger partial charge in [0, 0.05) is 16.5 Å². The van der Waals surface area contributed by atoms with Crippen molar-refractivity contribution in [1.29, 1.82) is 0 Å². The minimum atomic E-state index is -1.18. The number of benzene rings is 1. The number of nitrogens with zero attached hydrogens (tertiary/aromatic N) is 4. The maximum absolute atomic E-state index is 13.5. The zero-order valence-corrected chi connectivity index (χ0v) is 9.59. The van der Waals surface area contributed by atoms with Crippen LogP contribution in [0.3, 0.4) is 0 Å². The Labute approximate surface area is 105 Å². The van der Waals surface area contributed by atoms with Gasteiger partial charge in [0.25, 0.3) is 0 Å². The van der Waals surface area contributed by atoms with Gasteiger partial charge in [-0.3, -0.25) is 4.98 Å². The number of hydrogen-bond donors (Lipinski definition) is 0. The summed E-state index contributed by atoms with van der Waals surface area (Å²) in [6.07, 6.45) is 0.973. The molecule has 8 heteroatoms. The highest BCUT2D eigenvalue weighted by atomic mass is 19.2. The fourth-order valence-electron chi connectivity index (χ4n) is 1.60. The van der Waals surface area contributed by atoms with Gasteiger partial charge in [0.15, 0.2) is 11.6 Å². The van der Waals surface area contributed by atoms with Gasteiger partial charge in [-0.05, 0) is 17.7 Å². The molecule has 0 aliphatic heterocycles. The molecule has 0 unspecified atom stereocenters. The first-order valence-electron chi connectivity index (χ1n) is 5.00. The molecule has 0 N–H and O–H groups in total. The molecule has 1 heterocycles. The summed E-state index contributed by atoms with van der Waals surface area (Å²) in [5.41, 5.74) is 7.90. The Bertz CT molecular complexity index is 726. The number of ether oxygens (including phenoxy) is 1. The molecule has 0 atom stereocenters. The minimum Gasteiger partial charge on any atom is -0.465 e. The zero-order valence-electron chi connectivity index (χ0n) is 9.59. The number of carbonyl (C=O) groups is 1. The molecule has 2 aromatic rings. The second-order valence-corrected chi connectivity index (χ2v) is 3.46. The number of methoxy groups -OCH3 is 1. The lowest BCUT2D eigenvalue weighted by molar-refractivity contribution is 0.0601. The number of rotatable bonds is 2. The summed E-state index contributed by atoms with van der Waals surface area (Å²) in [7, 11) is 1.14. The first-order chi connectivity index (χ1) is 9.10. The molecular formula is C11H6F2N4O2. The van der Waals surface area contributed by atoms with E-state index in [1.165, 1.54) is 6.07 Å². The van der Waals surface area contributed by atoms with Crippen molar-refractivity contribution in [3.63, 3.8) is 0 Å². The van der Waals surface area contributed by atoms with Crippen molar-refractivity contribution < 1.29 is 18.3 Å². The Morgan fingerprint density at radius 2 is 2.21 bits per heavy atom. The Hall–Kier alpha value is -2.73. The summed E-state index contributed by atoms with van der Waals surface area (Å²) < 4.78 is 31.1. The number of esters is 1. The highest BCUT2D eigenvalue weighted by Crippen LogP contribution is 2.31. The van der Waals surface area contributed by atoms with Crippen molar-refractivity contribution in [1.82, 2.24) is 4.98 Å². The van der Waals surface area contributed by atoms with Crippen LogP contribution < -0.4 is 0 Å². The molecule has 0 saturated heterocycles. The molecule has 1 aromatic heterocycles. The van der Waals surface area contributed by atoms with Crippen LogP contribution in [0.25, 0.3) is 21.3 Å². The molecule has 2 rings (SSSR count). The third kappa shape index (κ3) is 2.04. The molecule has 0 bridgehead atoms. The first kappa shape index (κ1) is 12.7. The largest absolute Gasteiger partial charge is 0.465 e. The monoisotopic (exact) mass is 264 g/mol. The van der Waals surface area contributed by atoms with E-state index in [2.05, 4.69) is 19.7 Å². The van der Waals surface area contributed by atoms with Crippen LogP contribution in [0.2, 0.25) is 0 Å². The van der Waals surface area contributed by atoms with Crippen molar-refractivity contribution in [2.75, 3.05) is 7.11 Å². The van der Waals surface area contributed by atoms with Gasteiger partial charge in [0.2, 0.25) is 0 Å². The van der Waals surface area contributed by atoms with Gasteiger partial charge in [0.1, 0.15) is 5.52 Å². The van der Waals surface area contributed by atoms with Gasteiger partial charge in [-0.25, -0.2) is 13.6 Å². The zero-order chi connectivity index (χ0) is 14.0. The summed E-state index contributed by atoms with van der Waals surface area (Å²) in [6, 6.07) is 2.04. The van der Waals surface area contributed by atoms with Gasteiger partial charge in [-0.15, -0.1) is 0 Å². The van der Waals surface area contributed by atoms with E-state index in [0.29, 0.717) is 0 Å². The predicted octanol–water partition coefficient (Wildman–Crippen LogP) is 3.24. The number of pyridine rings is 1. The van der Waals surface area contributed by atoms with E-state index in [0.717, 1.165) is 19.4 Å². The van der Waals surface area contributed by atoms with Crippen LogP contribution >= 0.6 is 0 Å². The van der Waals surface area contributed by atoms with Crippen molar-refractivity contribution in [3.8, 4) is 0 Å². The minimum absolute atomic E-state index is 0.0274. The quantitative estimate of drug-likeness (QED) is 0.361. The maximum Gasteiger partial charge on any atom is 0.339 e. The summed E-state index contributed by atoms with van der Waals surface area (Å²) in [5.74, 6) is -3.05. The van der Waals surface area contributed by atoms with Gasteiger partial charge in [-0.1, -0.05) is 5.11 Å². The van der Waals surface area contributed by atoms with Crippen molar-refractivity contribution >= 4 is 22.6 Å². The van der Waals surface area contributed by atoms with Gasteiger partial charge < -0.3 is 4.74 Å². The molecule has 0 fully saturated rings. The van der Waals surface area contributed by atoms with Crippen LogP contribution in [-0.2, 0) is 4.74 Å². The molecule has 96 valence electrons. The highest BCUT2D eigenvalue weighted by Gasteiger charge is 2.18. The lowest BCUT2D eigenvalue weighted by atomic mass is 10.1. The van der Waals surface area contributed by atoms with Crippen LogP contribution in [0.4, 0.5) is 14.5 Å². The molecule has 0 saturated carbocycles. The second kappa shape index (κ2) is 4.87. The van der Waals surface area contributed by atoms with Crippen molar-refractivity contribution in [2.45, 2.75) is 0 Å². The summed E-state index contributed by atoms with van der Waals surface area (Å²) >= 11 is 0. The van der Waals surface area contributed by atoms with Crippen LogP contribution in [0, 0.1) is 11.6 Å². The van der Waals surface area contributed by atoms with Crippen LogP contribution in [0.5, 0.6) is 0 Å². The van der Waals surface area contributed by atoms with E-state index >= 15 is 0 Å². The van der Waals surface area contributed by atoms with Gasteiger partial charge in [-0.2, -0.15) is 0 Å². The van der Waals surface area contributed by atoms with E-state index in [-0.39, 0.29) is 22.2 Å². The highest BCUT2D eigenvalue weighted by molar-refractivity contribution is 6.03. The van der Waals surface area contributed by atoms with E-state index < -0.39 is 17.6 Å². The summed E-state index contributed by atoms with van der Waals surface area (Å²) in [4.78, 5) is 17.7. The number of aromatic nitrogens is 1. The molecule has 19 heavy (non-hydrogen) atoms. The molecule has 0 radical (unpaired) electrons. The lowest BCUT2D eigenvalue weighted by Gasteiger charge is -2.07. The maximum atomic E-state index is 13.5. The average Bonchev–Trinajstić information content (AvgIpc) is 2.42. The number of halogens is 2. The first-order valence-corrected chi connectivity index (χ1v) is 5.00. The van der Waals surface area contributed by atoms with Crippen LogP contribution in [0.15, 0.2) is 23.4 Å². The topological polar surface area (TPSA) is 88.0 Å². The molecular weight excluding hydrogens is 258 g/mol. The Morgan fingerprint density at radius 3 is 2.84 bits per heavy atom. The van der Waals surface area contributed by atoms with E-state index in [1.54, 1.807) is 0 Å². The summed E-state index contributed by atoms with van der Waals surface area (Å²) in [6.45, 7) is 0. The summed E-state index contributed by atoms with van der Waals surface area (Å²) in [5, 5.41) is 3.35. The van der Waals surface area contributed by atoms with E-state index in [4.69, 9.17) is 5.53 Å². The molecule has 0 aliphatic carbocycles. The van der Waals surface area contributed by atoms with Crippen LogP contribution in [-0.4, -0.2) is 18.1 Å². The molecule has 6 nitrogen and oxygen atoms in total. The fourth-order valence-corrected chi connectivity index (χ4v) is 1.60. The molecule has 0 amide bonds. The lowest BCUT2D eigenvalue weighted by Crippen LogP contribution is -2.03.